The van der Waals surface area contributed by atoms with Crippen LogP contribution in [0.3, 0.4) is 0 Å². The van der Waals surface area contributed by atoms with Crippen molar-refractivity contribution in [3.63, 3.8) is 0 Å². The van der Waals surface area contributed by atoms with Gasteiger partial charge in [0.15, 0.2) is 17.4 Å². The number of unbranched alkanes of at least 4 members (excludes halogenated alkanes) is 2. The van der Waals surface area contributed by atoms with E-state index in [-0.39, 0.29) is 54.2 Å². The summed E-state index contributed by atoms with van der Waals surface area (Å²) in [5.41, 5.74) is 17.0. The molecule has 762 valence electrons. The largest absolute Gasteiger partial charge is 0.385 e. The van der Waals surface area contributed by atoms with Gasteiger partial charge in [-0.3, -0.25) is 53.2 Å². The van der Waals surface area contributed by atoms with Crippen LogP contribution in [-0.4, -0.2) is 121 Å². The fourth-order valence-corrected chi connectivity index (χ4v) is 92.4. The van der Waals surface area contributed by atoms with Crippen LogP contribution in [0.4, 0.5) is 11.4 Å². The summed E-state index contributed by atoms with van der Waals surface area (Å²) in [6.45, 7) is 14.6. The predicted molar refractivity (Wildman–Crippen MR) is 691 cm³/mol. The second-order valence-corrected chi connectivity index (χ2v) is 89.3. The number of anilines is 2. The van der Waals surface area contributed by atoms with E-state index in [2.05, 4.69) is 145 Å². The van der Waals surface area contributed by atoms with E-state index in [4.69, 9.17) is 62.0 Å². The quantitative estimate of drug-likeness (QED) is 0.0267. The van der Waals surface area contributed by atoms with Gasteiger partial charge in [-0.15, -0.1) is 49.5 Å². The lowest BCUT2D eigenvalue weighted by Crippen LogP contribution is -2.52. The van der Waals surface area contributed by atoms with Gasteiger partial charge in [-0.05, 0) is 210 Å². The Bertz CT molecular complexity index is 8320. The number of fused-ring (bicyclic) bond motifs is 8. The number of nitrogens with one attached hydrogen (secondary N) is 3. The number of imide groups is 1. The van der Waals surface area contributed by atoms with E-state index in [1.54, 1.807) is 216 Å². The molecule has 144 heavy (non-hydrogen) atoms. The molecule has 1 aliphatic carbocycles. The lowest BCUT2D eigenvalue weighted by molar-refractivity contribution is -0.137. The molecule has 21 nitrogen and oxygen atoms in total. The van der Waals surface area contributed by atoms with Crippen molar-refractivity contribution in [1.29, 1.82) is 0 Å². The zero-order chi connectivity index (χ0) is 102. The molecule has 4 aromatic carbocycles. The Labute approximate surface area is 972 Å². The molecular weight excluding hydrogens is 2690 g/mol. The number of ketones is 2. The Morgan fingerprint density at radius 1 is 0.479 bits per heavy atom. The summed E-state index contributed by atoms with van der Waals surface area (Å²) in [6.07, 6.45) is 16.0. The number of hydrogen-bond donors (Lipinski definition) is 3. The molecule has 0 radical (unpaired) electrons. The number of nitrogens with zero attached hydrogens (tertiary/aromatic N) is 12. The van der Waals surface area contributed by atoms with Crippen LogP contribution in [0, 0.1) is 54.8 Å². The maximum Gasteiger partial charge on any atom is 0.255 e. The number of thiophene rings is 2. The maximum absolute atomic E-state index is 13.2. The van der Waals surface area contributed by atoms with E-state index in [0.717, 1.165) is 162 Å². The van der Waals surface area contributed by atoms with Gasteiger partial charge in [0.2, 0.25) is 11.8 Å². The molecule has 2 unspecified atom stereocenters. The minimum absolute atomic E-state index is 0.0417. The lowest BCUT2D eigenvalue weighted by atomic mass is 9.92. The number of benzene rings is 4. The molecule has 6 aromatic heterocycles. The van der Waals surface area contributed by atoms with E-state index in [1.165, 1.54) is 49.5 Å². The summed E-state index contributed by atoms with van der Waals surface area (Å²) in [6, 6.07) is 33.5. The second-order valence-electron chi connectivity index (χ2n) is 29.7. The highest BCUT2D eigenvalue weighted by Crippen LogP contribution is 2.43. The van der Waals surface area contributed by atoms with Crippen molar-refractivity contribution in [2.45, 2.75) is 149 Å². The molecule has 11 heterocycles. The molecule has 1 saturated heterocycles. The van der Waals surface area contributed by atoms with Crippen LogP contribution in [-0.2, 0) is 365 Å². The van der Waals surface area contributed by atoms with E-state index < -0.39 is 18.0 Å². The number of hydrogen-bond acceptors (Lipinski definition) is 22. The topological polar surface area (TPSA) is 257 Å². The smallest absolute Gasteiger partial charge is 0.255 e. The standard InChI is InChI=1S/C42H38ClN7O3S.C24H24N4O3.C17H14ClIN4S.S25.S10/c1-24-37(54-42-38(24)39(28-11-13-29(43)14-12-28)46-25(2)40-48-47-26(3)50(40)42)19-16-30-15-10-27(22-45-30)7-4-5-20-44-34-9-6-8-32-33(34)23-49(41(32)53)35-18-17-31(51)21-36(35)52;1-2-17-10-9-16(14-26-17)6-3-4-13-25-20-8-5-7-18-19(20)15-28(24(18)31)21-11-12-22(29)27-23(21)30;1-8-13-14(11-4-6-12(18)7-5-11)20-9(2)16-22-21-10(3)23(16)17(13)24-15(8)19;1-3-5-7-9-11-13-15-17-19-21-23-25-24-22-20-18-16-14-12-10-8-6-4-2;1-3-5-7-9-10-8-6-4-2/h6,8-15,22,25,35,44H,4-5,7,17-18,20-21,23H2,1-3H3;1,5,7-10,14,21,25H,3-4,6,11-13,15H2,(H,27,29,30);4-7,9H,1-3H3;;/t25-,35?;;9-;;/m0.0../s1. The first kappa shape index (κ1) is 120. The Morgan fingerprint density at radius 3 is 1.28 bits per heavy atom. The van der Waals surface area contributed by atoms with Gasteiger partial charge in [-0.2, -0.15) is 0 Å². The summed E-state index contributed by atoms with van der Waals surface area (Å²) < 4.78 is 5.50. The van der Waals surface area contributed by atoms with Crippen molar-refractivity contribution in [3.8, 4) is 34.2 Å². The summed E-state index contributed by atoms with van der Waals surface area (Å²) in [5, 5.41) is 30.3. The molecule has 4 amide bonds. The van der Waals surface area contributed by atoms with Gasteiger partial charge in [0, 0.05) is 437 Å². The highest BCUT2D eigenvalue weighted by atomic mass is 127. The number of rotatable bonds is 16. The highest BCUT2D eigenvalue weighted by Gasteiger charge is 2.42. The lowest BCUT2D eigenvalue weighted by Gasteiger charge is -2.29. The second kappa shape index (κ2) is 64.6. The van der Waals surface area contributed by atoms with Crippen LogP contribution in [0.25, 0.3) is 10.0 Å². The number of carbonyl (C=O) groups excluding carboxylic acids is 6. The average Bonchev–Trinajstić information content (AvgIpc) is 1.62. The number of terminal acetylenes is 1. The summed E-state index contributed by atoms with van der Waals surface area (Å²) in [5.74, 6) is 11.4. The summed E-state index contributed by atoms with van der Waals surface area (Å²) in [4.78, 5) is 97.1. The van der Waals surface area contributed by atoms with Gasteiger partial charge in [-0.1, -0.05) is 77.7 Å². The molecule has 4 atom stereocenters. The Balaban J connectivity index is 0.000000176. The Hall–Kier alpha value is -2.65. The first-order valence-electron chi connectivity index (χ1n) is 41.7. The first-order valence-corrected chi connectivity index (χ1v) is 89.2. The van der Waals surface area contributed by atoms with Gasteiger partial charge >= 0.3 is 0 Å². The number of carbonyl (C=O) groups is 6. The third kappa shape index (κ3) is 35.7. The van der Waals surface area contributed by atoms with Crippen LogP contribution in [0.5, 0.6) is 0 Å². The molecular formula is C83H76Cl2IN15O6S37. The van der Waals surface area contributed by atoms with Crippen LogP contribution >= 0.6 is 68.5 Å². The maximum atomic E-state index is 13.2. The van der Waals surface area contributed by atoms with Gasteiger partial charge in [0.1, 0.15) is 56.9 Å². The van der Waals surface area contributed by atoms with Crippen molar-refractivity contribution in [1.82, 2.24) is 54.6 Å². The van der Waals surface area contributed by atoms with Gasteiger partial charge in [0.25, 0.3) is 11.8 Å². The van der Waals surface area contributed by atoms with Gasteiger partial charge in [-0.25, -0.2) is 9.97 Å². The van der Waals surface area contributed by atoms with Crippen molar-refractivity contribution in [2.24, 2.45) is 9.98 Å². The molecule has 10 aromatic rings. The van der Waals surface area contributed by atoms with Crippen molar-refractivity contribution < 1.29 is 28.8 Å². The third-order valence-electron chi connectivity index (χ3n) is 21.1. The third-order valence-corrected chi connectivity index (χ3v) is 89.8. The van der Waals surface area contributed by atoms with E-state index in [9.17, 15) is 28.8 Å². The molecule has 0 bridgehead atoms. The normalized spacial score (nSPS) is 15.0. The molecule has 0 spiro atoms. The number of aromatic nitrogens is 8. The Kier molecular flexibility index (Phi) is 53.8. The molecule has 3 N–H and O–H groups in total. The fraction of sp³-hybridized carbons (Fsp3) is 0.301. The van der Waals surface area contributed by atoms with Crippen LogP contribution < -0.4 is 16.0 Å². The predicted octanol–water partition coefficient (Wildman–Crippen LogP) is 14.7. The van der Waals surface area contributed by atoms with Crippen molar-refractivity contribution >= 4 is 447 Å². The number of piperidine rings is 1. The van der Waals surface area contributed by atoms with E-state index in [0.29, 0.717) is 59.9 Å². The minimum Gasteiger partial charge on any atom is -0.385 e. The number of aryl methyl sites for hydroxylation is 4. The van der Waals surface area contributed by atoms with Crippen LogP contribution in [0.2, 0.25) is 10.0 Å². The average molecular weight is 2760 g/mol. The van der Waals surface area contributed by atoms with Crippen molar-refractivity contribution in [2.75, 3.05) is 23.7 Å². The van der Waals surface area contributed by atoms with Gasteiger partial charge in [0.05, 0.1) is 31.6 Å². The molecule has 5 aliphatic heterocycles. The molecule has 6 aliphatic rings. The SMILES string of the molecule is C#Cc1ccc(CCCCNc2cccc3c2CN(C2CCC(=O)NC2=O)C3=O)cn1.Cc1c(C#Cc2ccc(CCCCNc3cccc4c3CN(C3CCC(=O)CC3=O)C4=O)cn2)sc2c1C(c1ccc(Cl)cc1)=N[C@@H](C)c1nnc(C)n1-2.Cc1c(I)sc2c1C(c1ccc(Cl)cc1)=N[C@@H](C)c1nnc(C)n1-2.S=S=S=S=S=S=S=S=S=S.S=S=S=S=S=S=S=S=S=S=S=S=S=S=S=S=S=S=S=S=S=S=S=S=S. The fourth-order valence-electron chi connectivity index (χ4n) is 14.8. The number of Topliss-reactive ketones (excluding diaryl/α,β-unsaturated/α-hetero) is 2. The highest BCUT2D eigenvalue weighted by molar-refractivity contribution is 14.1. The zero-order valence-electron chi connectivity index (χ0n) is 75.1. The molecule has 2 fully saturated rings. The zero-order valence-corrected chi connectivity index (χ0v) is 109. The Morgan fingerprint density at radius 2 is 0.882 bits per heavy atom. The minimum atomic E-state index is -0.597. The van der Waals surface area contributed by atoms with Crippen LogP contribution in [0.1, 0.15) is 200 Å². The monoisotopic (exact) mass is 2760 g/mol. The summed E-state index contributed by atoms with van der Waals surface area (Å²) in [7, 11) is 52.6. The number of halogens is 3. The molecule has 16 rings (SSSR count). The summed E-state index contributed by atoms with van der Waals surface area (Å²) >= 11 is 36.9. The van der Waals surface area contributed by atoms with E-state index in [1.807, 2.05) is 192 Å². The number of amides is 4. The van der Waals surface area contributed by atoms with Crippen LogP contribution in [0.15, 0.2) is 132 Å². The molecule has 61 heteroatoms. The number of pyridine rings is 2. The van der Waals surface area contributed by atoms with Gasteiger partial charge < -0.3 is 20.4 Å². The van der Waals surface area contributed by atoms with Crippen molar-refractivity contribution in [3.05, 3.63) is 241 Å². The number of aliphatic imine (C=N–C) groups is 2. The van der Waals surface area contributed by atoms with E-state index >= 15 is 0 Å². The molecule has 1 saturated carbocycles. The first-order chi connectivity index (χ1) is 70.0.